The molecule has 0 aliphatic rings. The van der Waals surface area contributed by atoms with Gasteiger partial charge >= 0.3 is 6.18 Å². The molecule has 1 aromatic carbocycles. The van der Waals surface area contributed by atoms with Crippen LogP contribution in [0.15, 0.2) is 41.0 Å². The number of nitrogens with zero attached hydrogens (tertiary/aromatic N) is 1. The van der Waals surface area contributed by atoms with E-state index in [1.54, 1.807) is 24.3 Å². The molecule has 2 nitrogen and oxygen atoms in total. The summed E-state index contributed by atoms with van der Waals surface area (Å²) in [7, 11) is 0. The zero-order chi connectivity index (χ0) is 18.0. The van der Waals surface area contributed by atoms with E-state index in [-0.39, 0.29) is 12.5 Å². The fourth-order valence-electron chi connectivity index (χ4n) is 1.85. The summed E-state index contributed by atoms with van der Waals surface area (Å²) in [5.41, 5.74) is 0.880. The van der Waals surface area contributed by atoms with Gasteiger partial charge < -0.3 is 5.11 Å². The van der Waals surface area contributed by atoms with E-state index >= 15 is 0 Å². The summed E-state index contributed by atoms with van der Waals surface area (Å²) in [5, 5.41) is 9.02. The summed E-state index contributed by atoms with van der Waals surface area (Å²) < 4.78 is 38.6. The molecule has 0 spiro atoms. The Labute approximate surface area is 136 Å². The summed E-state index contributed by atoms with van der Waals surface area (Å²) in [6.07, 6.45) is -2.79. The van der Waals surface area contributed by atoms with Crippen LogP contribution in [0.25, 0.3) is 0 Å². The highest BCUT2D eigenvalue weighted by atomic mass is 19.4. The van der Waals surface area contributed by atoms with Crippen molar-refractivity contribution in [2.75, 3.05) is 0 Å². The molecule has 1 N–H and O–H groups in total. The molecule has 1 unspecified atom stereocenters. The molecule has 1 rings (SSSR count). The number of benzene rings is 1. The van der Waals surface area contributed by atoms with Crippen LogP contribution in [0.1, 0.15) is 52.2 Å². The lowest BCUT2D eigenvalue weighted by Gasteiger charge is -2.16. The maximum Gasteiger partial charge on any atom is 0.433 e. The molecule has 23 heavy (non-hydrogen) atoms. The Kier molecular flexibility index (Phi) is 9.49. The van der Waals surface area contributed by atoms with E-state index in [9.17, 15) is 13.2 Å². The molecule has 0 saturated carbocycles. The van der Waals surface area contributed by atoms with Crippen LogP contribution in [-0.2, 0) is 6.61 Å². The summed E-state index contributed by atoms with van der Waals surface area (Å²) in [6.45, 7) is 8.99. The van der Waals surface area contributed by atoms with Gasteiger partial charge in [-0.15, -0.1) is 0 Å². The van der Waals surface area contributed by atoms with Gasteiger partial charge in [0.2, 0.25) is 0 Å². The smallest absolute Gasteiger partial charge is 0.392 e. The van der Waals surface area contributed by atoms with Gasteiger partial charge in [0.05, 0.1) is 12.3 Å². The van der Waals surface area contributed by atoms with E-state index < -0.39 is 11.9 Å². The van der Waals surface area contributed by atoms with Crippen LogP contribution in [0, 0.1) is 5.92 Å². The van der Waals surface area contributed by atoms with Crippen molar-refractivity contribution in [2.45, 2.75) is 53.8 Å². The molecule has 0 saturated heterocycles. The minimum atomic E-state index is -4.46. The predicted molar refractivity (Wildman–Crippen MR) is 89.5 cm³/mol. The topological polar surface area (TPSA) is 32.6 Å². The van der Waals surface area contributed by atoms with Crippen molar-refractivity contribution in [1.82, 2.24) is 0 Å². The minimum Gasteiger partial charge on any atom is -0.392 e. The highest BCUT2D eigenvalue weighted by molar-refractivity contribution is 6.02. The Bertz CT molecular complexity index is 516. The Balaban J connectivity index is 0.00000232. The Morgan fingerprint density at radius 2 is 1.74 bits per heavy atom. The number of hydrogen-bond acceptors (Lipinski definition) is 2. The molecule has 0 heterocycles. The summed E-state index contributed by atoms with van der Waals surface area (Å²) in [5.74, 6) is -0.0951. The molecule has 130 valence electrons. The zero-order valence-corrected chi connectivity index (χ0v) is 14.4. The predicted octanol–water partition coefficient (Wildman–Crippen LogP) is 5.51. The number of rotatable bonds is 5. The van der Waals surface area contributed by atoms with Gasteiger partial charge in [0.25, 0.3) is 0 Å². The zero-order valence-electron chi connectivity index (χ0n) is 14.4. The third-order valence-electron chi connectivity index (χ3n) is 3.32. The second-order valence-electron chi connectivity index (χ2n) is 4.83. The van der Waals surface area contributed by atoms with Gasteiger partial charge in [-0.1, -0.05) is 58.0 Å². The first-order valence-corrected chi connectivity index (χ1v) is 7.85. The van der Waals surface area contributed by atoms with Gasteiger partial charge in [-0.3, -0.25) is 0 Å². The average molecular weight is 329 g/mol. The molecule has 0 aliphatic heterocycles. The van der Waals surface area contributed by atoms with E-state index in [1.165, 1.54) is 6.92 Å². The summed E-state index contributed by atoms with van der Waals surface area (Å²) >= 11 is 0. The lowest BCUT2D eigenvalue weighted by atomic mass is 9.95. The quantitative estimate of drug-likeness (QED) is 0.710. The SMILES string of the molecule is C/C=C(\N=C(c1ccc(CO)cc1)C(C)CC)C(F)(F)F.CC. The number of hydrogen-bond donors (Lipinski definition) is 1. The van der Waals surface area contributed by atoms with E-state index in [0.717, 1.165) is 6.08 Å². The monoisotopic (exact) mass is 329 g/mol. The molecular weight excluding hydrogens is 303 g/mol. The van der Waals surface area contributed by atoms with Crippen LogP contribution < -0.4 is 0 Å². The van der Waals surface area contributed by atoms with Crippen molar-refractivity contribution in [1.29, 1.82) is 0 Å². The standard InChI is InChI=1S/C16H20F3NO.C2H6/c1-4-11(3)15(20-14(5-2)16(17,18)19)13-8-6-12(10-21)7-9-13;1-2/h5-9,11,21H,4,10H2,1-3H3;1-2H3/b14-5-,20-15?;. The van der Waals surface area contributed by atoms with E-state index in [1.807, 2.05) is 27.7 Å². The molecular formula is C18H26F3NO. The summed E-state index contributed by atoms with van der Waals surface area (Å²) in [4.78, 5) is 3.85. The van der Waals surface area contributed by atoms with Crippen molar-refractivity contribution in [3.63, 3.8) is 0 Å². The number of alkyl halides is 3. The summed E-state index contributed by atoms with van der Waals surface area (Å²) in [6, 6.07) is 6.77. The van der Waals surface area contributed by atoms with Crippen LogP contribution in [-0.4, -0.2) is 17.0 Å². The highest BCUT2D eigenvalue weighted by Crippen LogP contribution is 2.28. The van der Waals surface area contributed by atoms with Crippen molar-refractivity contribution in [2.24, 2.45) is 10.9 Å². The number of aliphatic imine (C=N–C) groups is 1. The Morgan fingerprint density at radius 3 is 2.09 bits per heavy atom. The van der Waals surface area contributed by atoms with Crippen molar-refractivity contribution in [3.05, 3.63) is 47.2 Å². The highest BCUT2D eigenvalue weighted by Gasteiger charge is 2.33. The van der Waals surface area contributed by atoms with Crippen LogP contribution in [0.4, 0.5) is 13.2 Å². The van der Waals surface area contributed by atoms with Gasteiger partial charge in [0, 0.05) is 0 Å². The number of allylic oxidation sites excluding steroid dienone is 2. The normalized spacial score (nSPS) is 14.1. The van der Waals surface area contributed by atoms with Crippen LogP contribution in [0.5, 0.6) is 0 Å². The second kappa shape index (κ2) is 10.2. The average Bonchev–Trinajstić information content (AvgIpc) is 2.56. The fraction of sp³-hybridized carbons (Fsp3) is 0.500. The first-order valence-electron chi connectivity index (χ1n) is 7.85. The lowest BCUT2D eigenvalue weighted by Crippen LogP contribution is -2.17. The van der Waals surface area contributed by atoms with Gasteiger partial charge in [0.15, 0.2) is 0 Å². The minimum absolute atomic E-state index is 0.0951. The molecule has 0 radical (unpaired) electrons. The van der Waals surface area contributed by atoms with Crippen LogP contribution in [0.3, 0.4) is 0 Å². The molecule has 1 atom stereocenters. The number of halogens is 3. The van der Waals surface area contributed by atoms with E-state index in [4.69, 9.17) is 5.11 Å². The maximum atomic E-state index is 12.9. The van der Waals surface area contributed by atoms with Crippen molar-refractivity contribution >= 4 is 5.71 Å². The lowest BCUT2D eigenvalue weighted by molar-refractivity contribution is -0.0924. The number of aliphatic hydroxyl groups excluding tert-OH is 1. The third-order valence-corrected chi connectivity index (χ3v) is 3.32. The van der Waals surface area contributed by atoms with Gasteiger partial charge in [-0.05, 0) is 30.4 Å². The van der Waals surface area contributed by atoms with Crippen molar-refractivity contribution < 1.29 is 18.3 Å². The maximum absolute atomic E-state index is 12.9. The molecule has 5 heteroatoms. The van der Waals surface area contributed by atoms with Gasteiger partial charge in [0.1, 0.15) is 5.70 Å². The first-order chi connectivity index (χ1) is 10.8. The molecule has 0 amide bonds. The Morgan fingerprint density at radius 1 is 1.22 bits per heavy atom. The molecule has 1 aromatic rings. The van der Waals surface area contributed by atoms with Crippen LogP contribution >= 0.6 is 0 Å². The third kappa shape index (κ3) is 6.57. The Hall–Kier alpha value is -1.62. The largest absolute Gasteiger partial charge is 0.433 e. The van der Waals surface area contributed by atoms with Crippen molar-refractivity contribution in [3.8, 4) is 0 Å². The van der Waals surface area contributed by atoms with E-state index in [0.29, 0.717) is 23.3 Å². The number of aliphatic hydroxyl groups is 1. The second-order valence-corrected chi connectivity index (χ2v) is 4.83. The molecule has 0 aliphatic carbocycles. The fourth-order valence-corrected chi connectivity index (χ4v) is 1.85. The van der Waals surface area contributed by atoms with Gasteiger partial charge in [-0.25, -0.2) is 4.99 Å². The molecule has 0 bridgehead atoms. The van der Waals surface area contributed by atoms with E-state index in [2.05, 4.69) is 4.99 Å². The molecule has 0 aromatic heterocycles. The van der Waals surface area contributed by atoms with Crippen LogP contribution in [0.2, 0.25) is 0 Å². The van der Waals surface area contributed by atoms with Gasteiger partial charge in [-0.2, -0.15) is 13.2 Å². The first kappa shape index (κ1) is 21.4. The molecule has 0 fully saturated rings.